The molecule has 0 aliphatic carbocycles. The first-order valence-electron chi connectivity index (χ1n) is 7.78. The van der Waals surface area contributed by atoms with Gasteiger partial charge in [0.05, 0.1) is 5.52 Å². The fourth-order valence-corrected chi connectivity index (χ4v) is 3.03. The molecular weight excluding hydrogens is 246 g/mol. The summed E-state index contributed by atoms with van der Waals surface area (Å²) in [5.41, 5.74) is 7.98. The maximum Gasteiger partial charge on any atom is 0.0500 e. The van der Waals surface area contributed by atoms with E-state index in [2.05, 4.69) is 40.9 Å². The van der Waals surface area contributed by atoms with Crippen LogP contribution in [0.25, 0.3) is 10.9 Å². The molecule has 3 rings (SSSR count). The van der Waals surface area contributed by atoms with E-state index < -0.39 is 0 Å². The van der Waals surface area contributed by atoms with E-state index in [1.54, 1.807) is 0 Å². The van der Waals surface area contributed by atoms with Crippen molar-refractivity contribution in [3.63, 3.8) is 0 Å². The monoisotopic (exact) mass is 273 g/mol. The molecular formula is C17H27N3. The van der Waals surface area contributed by atoms with Crippen LogP contribution in [0.2, 0.25) is 0 Å². The van der Waals surface area contributed by atoms with Crippen molar-refractivity contribution >= 4 is 16.6 Å². The van der Waals surface area contributed by atoms with Crippen LogP contribution in [-0.2, 0) is 6.54 Å². The van der Waals surface area contributed by atoms with E-state index in [1.165, 1.54) is 36.7 Å². The summed E-state index contributed by atoms with van der Waals surface area (Å²) >= 11 is 0. The fraction of sp³-hybridized carbons (Fsp3) is 0.529. The molecule has 2 heterocycles. The van der Waals surface area contributed by atoms with Gasteiger partial charge in [-0.3, -0.25) is 0 Å². The van der Waals surface area contributed by atoms with Crippen molar-refractivity contribution in [3.8, 4) is 0 Å². The number of benzene rings is 1. The lowest BCUT2D eigenvalue weighted by Crippen LogP contribution is -2.25. The number of aryl methyl sites for hydroxylation is 1. The number of anilines is 1. The van der Waals surface area contributed by atoms with Crippen LogP contribution in [0.4, 0.5) is 5.69 Å². The summed E-state index contributed by atoms with van der Waals surface area (Å²) in [5.74, 6) is 0. The number of fused-ring (bicyclic) bond motifs is 1. The average molecular weight is 273 g/mol. The highest BCUT2D eigenvalue weighted by atomic mass is 15.1. The lowest BCUT2D eigenvalue weighted by Gasteiger charge is -2.19. The normalized spacial score (nSPS) is 19.1. The molecule has 1 aliphatic heterocycles. The third-order valence-corrected chi connectivity index (χ3v) is 4.17. The smallest absolute Gasteiger partial charge is 0.0500 e. The molecule has 1 fully saturated rings. The van der Waals surface area contributed by atoms with E-state index >= 15 is 0 Å². The summed E-state index contributed by atoms with van der Waals surface area (Å²) in [6.07, 6.45) is 6.10. The zero-order chi connectivity index (χ0) is 14.5. The van der Waals surface area contributed by atoms with E-state index in [1.807, 2.05) is 19.9 Å². The van der Waals surface area contributed by atoms with Gasteiger partial charge in [-0.15, -0.1) is 0 Å². The first-order valence-corrected chi connectivity index (χ1v) is 7.78. The van der Waals surface area contributed by atoms with Gasteiger partial charge in [0, 0.05) is 24.5 Å². The van der Waals surface area contributed by atoms with Crippen LogP contribution in [0.5, 0.6) is 0 Å². The number of rotatable bonds is 3. The molecule has 20 heavy (non-hydrogen) atoms. The van der Waals surface area contributed by atoms with E-state index in [-0.39, 0.29) is 0 Å². The summed E-state index contributed by atoms with van der Waals surface area (Å²) in [4.78, 5) is 2.49. The van der Waals surface area contributed by atoms with Gasteiger partial charge >= 0.3 is 0 Å². The Bertz CT molecular complexity index is 544. The minimum absolute atomic E-state index is 0.753. The molecule has 3 nitrogen and oxygen atoms in total. The first-order chi connectivity index (χ1) is 9.74. The predicted molar refractivity (Wildman–Crippen MR) is 88.0 cm³/mol. The molecule has 0 spiro atoms. The van der Waals surface area contributed by atoms with Gasteiger partial charge in [0.25, 0.3) is 0 Å². The molecule has 0 bridgehead atoms. The molecule has 2 N–H and O–H groups in total. The molecule has 1 saturated heterocycles. The zero-order valence-electron chi connectivity index (χ0n) is 13.0. The molecule has 110 valence electrons. The predicted octanol–water partition coefficient (Wildman–Crippen LogP) is 3.73. The minimum atomic E-state index is 0.753. The van der Waals surface area contributed by atoms with Crippen LogP contribution >= 0.6 is 0 Å². The Kier molecular flexibility index (Phi) is 5.07. The number of nitrogens with zero attached hydrogens (tertiary/aromatic N) is 2. The molecule has 1 aromatic carbocycles. The van der Waals surface area contributed by atoms with Crippen molar-refractivity contribution in [1.29, 1.82) is 0 Å². The van der Waals surface area contributed by atoms with Crippen molar-refractivity contribution in [1.82, 2.24) is 9.47 Å². The molecule has 0 radical (unpaired) electrons. The summed E-state index contributed by atoms with van der Waals surface area (Å²) in [6.45, 7) is 6.34. The first kappa shape index (κ1) is 14.9. The Morgan fingerprint density at radius 2 is 2.05 bits per heavy atom. The molecule has 2 aromatic rings. The number of hydrogen-bond donors (Lipinski definition) is 1. The molecule has 1 atom stereocenters. The Morgan fingerprint density at radius 3 is 2.75 bits per heavy atom. The third kappa shape index (κ3) is 3.15. The second-order valence-corrected chi connectivity index (χ2v) is 5.39. The maximum atomic E-state index is 5.87. The maximum absolute atomic E-state index is 5.87. The number of nitrogen functional groups attached to an aromatic ring is 1. The summed E-state index contributed by atoms with van der Waals surface area (Å²) in [5, 5.41) is 1.28. The van der Waals surface area contributed by atoms with Gasteiger partial charge in [-0.1, -0.05) is 19.9 Å². The SMILES string of the molecule is CC.CN1CCCC1CCn1ccc2ccc(N)cc21. The standard InChI is InChI=1S/C15H21N3.C2H6/c1-17-8-2-3-14(17)7-10-18-9-6-12-4-5-13(16)11-15(12)18;1-2/h4-6,9,11,14H,2-3,7-8,10,16H2,1H3;1-2H3. The second-order valence-electron chi connectivity index (χ2n) is 5.39. The Morgan fingerprint density at radius 1 is 1.25 bits per heavy atom. The molecule has 1 aliphatic rings. The van der Waals surface area contributed by atoms with Gasteiger partial charge in [0.1, 0.15) is 0 Å². The third-order valence-electron chi connectivity index (χ3n) is 4.17. The summed E-state index contributed by atoms with van der Waals surface area (Å²) in [6, 6.07) is 9.07. The van der Waals surface area contributed by atoms with Crippen LogP contribution < -0.4 is 5.73 Å². The lowest BCUT2D eigenvalue weighted by molar-refractivity contribution is 0.287. The van der Waals surface area contributed by atoms with Gasteiger partial charge in [-0.05, 0) is 56.4 Å². The molecule has 0 amide bonds. The van der Waals surface area contributed by atoms with Crippen molar-refractivity contribution < 1.29 is 0 Å². The topological polar surface area (TPSA) is 34.2 Å². The largest absolute Gasteiger partial charge is 0.399 e. The Balaban J connectivity index is 0.000000704. The van der Waals surface area contributed by atoms with E-state index in [4.69, 9.17) is 5.73 Å². The van der Waals surface area contributed by atoms with Crippen molar-refractivity contribution in [3.05, 3.63) is 30.5 Å². The van der Waals surface area contributed by atoms with Crippen LogP contribution in [0, 0.1) is 0 Å². The van der Waals surface area contributed by atoms with Crippen LogP contribution in [-0.4, -0.2) is 29.1 Å². The quantitative estimate of drug-likeness (QED) is 0.865. The van der Waals surface area contributed by atoms with Crippen LogP contribution in [0.3, 0.4) is 0 Å². The molecule has 0 saturated carbocycles. The van der Waals surface area contributed by atoms with Gasteiger partial charge in [-0.2, -0.15) is 0 Å². The molecule has 1 aromatic heterocycles. The fourth-order valence-electron chi connectivity index (χ4n) is 3.03. The Labute approximate surface area is 122 Å². The highest BCUT2D eigenvalue weighted by Gasteiger charge is 2.20. The summed E-state index contributed by atoms with van der Waals surface area (Å²) < 4.78 is 2.33. The average Bonchev–Trinajstić information content (AvgIpc) is 3.05. The van der Waals surface area contributed by atoms with Gasteiger partial charge in [-0.25, -0.2) is 0 Å². The van der Waals surface area contributed by atoms with E-state index in [9.17, 15) is 0 Å². The summed E-state index contributed by atoms with van der Waals surface area (Å²) in [7, 11) is 2.24. The van der Waals surface area contributed by atoms with Crippen molar-refractivity contribution in [2.45, 2.75) is 45.7 Å². The highest BCUT2D eigenvalue weighted by Crippen LogP contribution is 2.22. The number of nitrogens with two attached hydrogens (primary N) is 1. The second kappa shape index (κ2) is 6.80. The van der Waals surface area contributed by atoms with E-state index in [0.717, 1.165) is 18.3 Å². The van der Waals surface area contributed by atoms with Gasteiger partial charge in [0.15, 0.2) is 0 Å². The number of likely N-dealkylation sites (tertiary alicyclic amines) is 1. The lowest BCUT2D eigenvalue weighted by atomic mass is 10.1. The zero-order valence-corrected chi connectivity index (χ0v) is 13.0. The molecule has 3 heteroatoms. The number of aromatic nitrogens is 1. The molecule has 1 unspecified atom stereocenters. The van der Waals surface area contributed by atoms with E-state index in [0.29, 0.717) is 0 Å². The van der Waals surface area contributed by atoms with Crippen molar-refractivity contribution in [2.24, 2.45) is 0 Å². The van der Waals surface area contributed by atoms with Crippen molar-refractivity contribution in [2.75, 3.05) is 19.3 Å². The van der Waals surface area contributed by atoms with Crippen LogP contribution in [0.1, 0.15) is 33.1 Å². The van der Waals surface area contributed by atoms with Crippen LogP contribution in [0.15, 0.2) is 30.5 Å². The Hall–Kier alpha value is -1.48. The minimum Gasteiger partial charge on any atom is -0.399 e. The number of hydrogen-bond acceptors (Lipinski definition) is 2. The van der Waals surface area contributed by atoms with Gasteiger partial charge < -0.3 is 15.2 Å². The van der Waals surface area contributed by atoms with Gasteiger partial charge in [0.2, 0.25) is 0 Å². The highest BCUT2D eigenvalue weighted by molar-refractivity contribution is 5.83.